The first-order valence-corrected chi connectivity index (χ1v) is 5.47. The Morgan fingerprint density at radius 1 is 1.43 bits per heavy atom. The Kier molecular flexibility index (Phi) is 3.30. The molecule has 0 bridgehead atoms. The molecule has 0 saturated carbocycles. The van der Waals surface area contributed by atoms with Crippen molar-refractivity contribution in [1.29, 1.82) is 0 Å². The van der Waals surface area contributed by atoms with E-state index in [0.717, 1.165) is 6.54 Å². The van der Waals surface area contributed by atoms with Gasteiger partial charge in [-0.3, -0.25) is 5.01 Å². The van der Waals surface area contributed by atoms with Crippen molar-refractivity contribution in [2.24, 2.45) is 10.5 Å². The summed E-state index contributed by atoms with van der Waals surface area (Å²) in [4.78, 5) is 2.07. The van der Waals surface area contributed by atoms with Gasteiger partial charge in [0.25, 0.3) is 0 Å². The third kappa shape index (κ3) is 2.77. The molecule has 0 fully saturated rings. The standard InChI is InChI=1S/C10H20ClN3/c1-8(2)14-9(11)13(7-12-14)6-10(3,4)5/h7-9H,6H2,1-5H3. The van der Waals surface area contributed by atoms with Gasteiger partial charge in [0.15, 0.2) is 5.62 Å². The van der Waals surface area contributed by atoms with E-state index in [1.54, 1.807) is 0 Å². The normalized spacial score (nSPS) is 22.6. The van der Waals surface area contributed by atoms with E-state index in [0.29, 0.717) is 6.04 Å². The maximum absolute atomic E-state index is 6.27. The van der Waals surface area contributed by atoms with E-state index in [1.165, 1.54) is 0 Å². The SMILES string of the molecule is CC(C)N1N=CN(CC(C)(C)C)C1Cl. The van der Waals surface area contributed by atoms with E-state index in [1.807, 2.05) is 11.3 Å². The summed E-state index contributed by atoms with van der Waals surface area (Å²) in [5, 5.41) is 6.19. The summed E-state index contributed by atoms with van der Waals surface area (Å²) in [6.07, 6.45) is 1.84. The monoisotopic (exact) mass is 217 g/mol. The fourth-order valence-corrected chi connectivity index (χ4v) is 1.83. The largest absolute Gasteiger partial charge is 0.326 e. The molecule has 14 heavy (non-hydrogen) atoms. The van der Waals surface area contributed by atoms with Gasteiger partial charge in [0.1, 0.15) is 6.34 Å². The van der Waals surface area contributed by atoms with Crippen molar-refractivity contribution < 1.29 is 0 Å². The molecule has 0 spiro atoms. The van der Waals surface area contributed by atoms with E-state index in [9.17, 15) is 0 Å². The minimum absolute atomic E-state index is 0.130. The second-order valence-electron chi connectivity index (χ2n) is 5.25. The smallest absolute Gasteiger partial charge is 0.196 e. The Labute approximate surface area is 91.7 Å². The summed E-state index contributed by atoms with van der Waals surface area (Å²) in [7, 11) is 0. The van der Waals surface area contributed by atoms with Crippen molar-refractivity contribution in [2.45, 2.75) is 46.3 Å². The van der Waals surface area contributed by atoms with E-state index in [-0.39, 0.29) is 11.0 Å². The summed E-state index contributed by atoms with van der Waals surface area (Å²) in [5.74, 6) is 0. The molecule has 0 N–H and O–H groups in total. The molecule has 0 aromatic rings. The highest BCUT2D eigenvalue weighted by Gasteiger charge is 2.29. The lowest BCUT2D eigenvalue weighted by molar-refractivity contribution is 0.138. The number of alkyl halides is 1. The molecule has 0 aliphatic carbocycles. The predicted molar refractivity (Wildman–Crippen MR) is 61.3 cm³/mol. The zero-order valence-electron chi connectivity index (χ0n) is 9.66. The van der Waals surface area contributed by atoms with Gasteiger partial charge in [0, 0.05) is 12.6 Å². The molecule has 0 radical (unpaired) electrons. The van der Waals surface area contributed by atoms with Crippen molar-refractivity contribution >= 4 is 17.9 Å². The second-order valence-corrected chi connectivity index (χ2v) is 5.64. The highest BCUT2D eigenvalue weighted by atomic mass is 35.5. The van der Waals surface area contributed by atoms with Gasteiger partial charge in [0.2, 0.25) is 0 Å². The third-order valence-electron chi connectivity index (χ3n) is 2.01. The van der Waals surface area contributed by atoms with Gasteiger partial charge in [-0.05, 0) is 19.3 Å². The fourth-order valence-electron chi connectivity index (χ4n) is 1.43. The molecular formula is C10H20ClN3. The van der Waals surface area contributed by atoms with Crippen LogP contribution in [0.4, 0.5) is 0 Å². The van der Waals surface area contributed by atoms with Crippen LogP contribution in [0.3, 0.4) is 0 Å². The van der Waals surface area contributed by atoms with Crippen LogP contribution in [0.25, 0.3) is 0 Å². The molecule has 0 amide bonds. The van der Waals surface area contributed by atoms with Gasteiger partial charge in [-0.25, -0.2) is 0 Å². The Morgan fingerprint density at radius 2 is 2.00 bits per heavy atom. The van der Waals surface area contributed by atoms with Crippen LogP contribution in [0.5, 0.6) is 0 Å². The maximum Gasteiger partial charge on any atom is 0.196 e. The molecule has 0 saturated heterocycles. The Hall–Kier alpha value is -0.440. The molecule has 3 nitrogen and oxygen atoms in total. The number of hydrazone groups is 1. The van der Waals surface area contributed by atoms with Gasteiger partial charge in [0.05, 0.1) is 0 Å². The van der Waals surface area contributed by atoms with Gasteiger partial charge in [-0.2, -0.15) is 5.10 Å². The molecule has 82 valence electrons. The number of hydrogen-bond donors (Lipinski definition) is 0. The fraction of sp³-hybridized carbons (Fsp3) is 0.900. The average Bonchev–Trinajstić information content (AvgIpc) is 2.29. The molecule has 1 atom stereocenters. The van der Waals surface area contributed by atoms with Crippen molar-refractivity contribution in [3.8, 4) is 0 Å². The summed E-state index contributed by atoms with van der Waals surface area (Å²) in [5.41, 5.74) is 0.112. The average molecular weight is 218 g/mol. The Balaban J connectivity index is 2.57. The highest BCUT2D eigenvalue weighted by molar-refractivity contribution is 6.21. The topological polar surface area (TPSA) is 18.8 Å². The molecule has 1 aliphatic heterocycles. The summed E-state index contributed by atoms with van der Waals surface area (Å²) in [6.45, 7) is 11.7. The van der Waals surface area contributed by atoms with Gasteiger partial charge in [-0.1, -0.05) is 32.4 Å². The van der Waals surface area contributed by atoms with Crippen LogP contribution in [0, 0.1) is 5.41 Å². The number of nitrogens with zero attached hydrogens (tertiary/aromatic N) is 3. The molecule has 4 heteroatoms. The van der Waals surface area contributed by atoms with Crippen molar-refractivity contribution in [2.75, 3.05) is 6.54 Å². The highest BCUT2D eigenvalue weighted by Crippen LogP contribution is 2.23. The van der Waals surface area contributed by atoms with E-state index in [4.69, 9.17) is 11.6 Å². The lowest BCUT2D eigenvalue weighted by Gasteiger charge is -2.32. The first-order valence-electron chi connectivity index (χ1n) is 5.03. The number of halogens is 1. The quantitative estimate of drug-likeness (QED) is 0.523. The van der Waals surface area contributed by atoms with Crippen molar-refractivity contribution in [1.82, 2.24) is 9.91 Å². The van der Waals surface area contributed by atoms with Gasteiger partial charge < -0.3 is 4.90 Å². The van der Waals surface area contributed by atoms with Crippen molar-refractivity contribution in [3.05, 3.63) is 0 Å². The van der Waals surface area contributed by atoms with E-state index >= 15 is 0 Å². The van der Waals surface area contributed by atoms with Crippen LogP contribution < -0.4 is 0 Å². The minimum atomic E-state index is -0.130. The van der Waals surface area contributed by atoms with Crippen molar-refractivity contribution in [3.63, 3.8) is 0 Å². The molecule has 1 aliphatic rings. The summed E-state index contributed by atoms with van der Waals surface area (Å²) in [6, 6.07) is 0.346. The molecule has 1 rings (SSSR count). The van der Waals surface area contributed by atoms with Crippen LogP contribution in [0.1, 0.15) is 34.6 Å². The molecule has 0 aromatic carbocycles. The van der Waals surface area contributed by atoms with Crippen LogP contribution in [0.15, 0.2) is 5.10 Å². The molecule has 1 heterocycles. The van der Waals surface area contributed by atoms with Crippen LogP contribution >= 0.6 is 11.6 Å². The third-order valence-corrected chi connectivity index (χ3v) is 2.46. The molecule has 1 unspecified atom stereocenters. The number of rotatable bonds is 2. The first kappa shape index (κ1) is 11.6. The minimum Gasteiger partial charge on any atom is -0.326 e. The van der Waals surface area contributed by atoms with Crippen LogP contribution in [-0.4, -0.2) is 34.5 Å². The van der Waals surface area contributed by atoms with Crippen LogP contribution in [0.2, 0.25) is 0 Å². The molecule has 0 aromatic heterocycles. The zero-order valence-corrected chi connectivity index (χ0v) is 10.4. The lowest BCUT2D eigenvalue weighted by atomic mass is 9.96. The zero-order chi connectivity index (χ0) is 10.9. The van der Waals surface area contributed by atoms with E-state index in [2.05, 4.69) is 44.6 Å². The predicted octanol–water partition coefficient (Wildman–Crippen LogP) is 2.52. The number of hydrogen-bond acceptors (Lipinski definition) is 3. The first-order chi connectivity index (χ1) is 6.31. The lowest BCUT2D eigenvalue weighted by Crippen LogP contribution is -2.41. The van der Waals surface area contributed by atoms with E-state index < -0.39 is 0 Å². The second kappa shape index (κ2) is 3.97. The summed E-state index contributed by atoms with van der Waals surface area (Å²) < 4.78 is 0. The van der Waals surface area contributed by atoms with Gasteiger partial charge in [-0.15, -0.1) is 0 Å². The van der Waals surface area contributed by atoms with Gasteiger partial charge >= 0.3 is 0 Å². The Bertz CT molecular complexity index is 220. The summed E-state index contributed by atoms with van der Waals surface area (Å²) >= 11 is 6.27. The maximum atomic E-state index is 6.27. The van der Waals surface area contributed by atoms with Crippen LogP contribution in [-0.2, 0) is 0 Å². The Morgan fingerprint density at radius 3 is 2.36 bits per heavy atom. The molecular weight excluding hydrogens is 198 g/mol.